The lowest BCUT2D eigenvalue weighted by molar-refractivity contribution is 0.0848. The monoisotopic (exact) mass is 304 g/mol. The number of aryl methyl sites for hydroxylation is 2. The zero-order chi connectivity index (χ0) is 14.8. The van der Waals surface area contributed by atoms with E-state index in [-0.39, 0.29) is 11.5 Å². The van der Waals surface area contributed by atoms with Gasteiger partial charge in [-0.2, -0.15) is 0 Å². The third kappa shape index (κ3) is 2.95. The number of benzene rings is 1. The smallest absolute Gasteiger partial charge is 0.267 e. The fourth-order valence-electron chi connectivity index (χ4n) is 2.32. The van der Waals surface area contributed by atoms with Crippen LogP contribution in [0, 0.1) is 5.82 Å². The van der Waals surface area contributed by atoms with Crippen molar-refractivity contribution in [2.75, 3.05) is 0 Å². The first-order valence-corrected chi connectivity index (χ1v) is 7.43. The average Bonchev–Trinajstić information content (AvgIpc) is 3.05. The Balaban J connectivity index is 1.61. The molecule has 21 heavy (non-hydrogen) atoms. The minimum Gasteiger partial charge on any atom is -0.267 e. The molecule has 4 nitrogen and oxygen atoms in total. The SMILES string of the molecule is O=C(NNC(=O)c1cc2c(s1)CCC2)c1cccc(F)c1. The number of nitrogens with one attached hydrogen (secondary N) is 2. The van der Waals surface area contributed by atoms with E-state index in [4.69, 9.17) is 0 Å². The van der Waals surface area contributed by atoms with Gasteiger partial charge in [-0.1, -0.05) is 6.07 Å². The van der Waals surface area contributed by atoms with Crippen LogP contribution in [0.4, 0.5) is 4.39 Å². The summed E-state index contributed by atoms with van der Waals surface area (Å²) in [7, 11) is 0. The molecule has 2 N–H and O–H groups in total. The van der Waals surface area contributed by atoms with Crippen LogP contribution in [0.15, 0.2) is 30.3 Å². The topological polar surface area (TPSA) is 58.2 Å². The summed E-state index contributed by atoms with van der Waals surface area (Å²) in [6.07, 6.45) is 3.16. The first-order chi connectivity index (χ1) is 10.1. The number of fused-ring (bicyclic) bond motifs is 1. The molecule has 1 aromatic carbocycles. The van der Waals surface area contributed by atoms with Gasteiger partial charge in [0.25, 0.3) is 11.8 Å². The summed E-state index contributed by atoms with van der Waals surface area (Å²) < 4.78 is 13.0. The van der Waals surface area contributed by atoms with Crippen molar-refractivity contribution in [3.05, 3.63) is 57.0 Å². The van der Waals surface area contributed by atoms with E-state index in [9.17, 15) is 14.0 Å². The van der Waals surface area contributed by atoms with Crippen LogP contribution in [0.5, 0.6) is 0 Å². The maximum atomic E-state index is 13.0. The normalized spacial score (nSPS) is 12.8. The highest BCUT2D eigenvalue weighted by Gasteiger charge is 2.18. The third-order valence-corrected chi connectivity index (χ3v) is 4.58. The molecule has 3 rings (SSSR count). The highest BCUT2D eigenvalue weighted by molar-refractivity contribution is 7.14. The van der Waals surface area contributed by atoms with Crippen molar-refractivity contribution in [2.24, 2.45) is 0 Å². The molecule has 0 atom stereocenters. The van der Waals surface area contributed by atoms with Crippen molar-refractivity contribution in [3.8, 4) is 0 Å². The predicted octanol–water partition coefficient (Wildman–Crippen LogP) is 2.45. The summed E-state index contributed by atoms with van der Waals surface area (Å²) in [5.41, 5.74) is 6.03. The van der Waals surface area contributed by atoms with E-state index in [1.165, 1.54) is 40.0 Å². The first kappa shape index (κ1) is 13.8. The summed E-state index contributed by atoms with van der Waals surface area (Å²) in [4.78, 5) is 25.6. The minimum absolute atomic E-state index is 0.156. The highest BCUT2D eigenvalue weighted by Crippen LogP contribution is 2.30. The van der Waals surface area contributed by atoms with E-state index >= 15 is 0 Å². The number of amides is 2. The van der Waals surface area contributed by atoms with E-state index < -0.39 is 11.7 Å². The Morgan fingerprint density at radius 3 is 2.67 bits per heavy atom. The zero-order valence-electron chi connectivity index (χ0n) is 11.1. The summed E-state index contributed by atoms with van der Waals surface area (Å²) >= 11 is 1.46. The Hall–Kier alpha value is -2.21. The fourth-order valence-corrected chi connectivity index (χ4v) is 3.47. The van der Waals surface area contributed by atoms with Crippen LogP contribution in [-0.2, 0) is 12.8 Å². The lowest BCUT2D eigenvalue weighted by Crippen LogP contribution is -2.41. The molecular formula is C15H13FN2O2S. The molecule has 1 aromatic heterocycles. The molecule has 1 heterocycles. The van der Waals surface area contributed by atoms with E-state index in [1.807, 2.05) is 6.07 Å². The van der Waals surface area contributed by atoms with E-state index in [0.717, 1.165) is 25.3 Å². The second-order valence-electron chi connectivity index (χ2n) is 4.83. The van der Waals surface area contributed by atoms with Crippen LogP contribution >= 0.6 is 11.3 Å². The Kier molecular flexibility index (Phi) is 3.70. The molecule has 108 valence electrons. The second kappa shape index (κ2) is 5.65. The zero-order valence-corrected chi connectivity index (χ0v) is 11.9. The average molecular weight is 304 g/mol. The van der Waals surface area contributed by atoms with Crippen molar-refractivity contribution in [1.29, 1.82) is 0 Å². The Bertz CT molecular complexity index is 690. The number of rotatable bonds is 2. The standard InChI is InChI=1S/C15H13FN2O2S/c16-11-5-1-4-10(7-11)14(19)17-18-15(20)13-8-9-3-2-6-12(9)21-13/h1,4-5,7-8H,2-3,6H2,(H,17,19)(H,18,20). The van der Waals surface area contributed by atoms with Gasteiger partial charge >= 0.3 is 0 Å². The van der Waals surface area contributed by atoms with Crippen molar-refractivity contribution in [3.63, 3.8) is 0 Å². The largest absolute Gasteiger partial charge is 0.279 e. The molecule has 2 amide bonds. The first-order valence-electron chi connectivity index (χ1n) is 6.61. The minimum atomic E-state index is -0.549. The summed E-state index contributed by atoms with van der Waals surface area (Å²) in [6.45, 7) is 0. The van der Waals surface area contributed by atoms with Gasteiger partial charge in [0.15, 0.2) is 0 Å². The Morgan fingerprint density at radius 1 is 1.10 bits per heavy atom. The Morgan fingerprint density at radius 2 is 1.90 bits per heavy atom. The molecule has 0 unspecified atom stereocenters. The molecule has 1 aliphatic rings. The second-order valence-corrected chi connectivity index (χ2v) is 5.97. The predicted molar refractivity (Wildman–Crippen MR) is 77.7 cm³/mol. The van der Waals surface area contributed by atoms with Gasteiger partial charge in [0, 0.05) is 10.4 Å². The quantitative estimate of drug-likeness (QED) is 0.837. The maximum Gasteiger partial charge on any atom is 0.279 e. The van der Waals surface area contributed by atoms with Gasteiger partial charge in [-0.05, 0) is 49.1 Å². The number of hydrogen-bond acceptors (Lipinski definition) is 3. The Labute approximate surface area is 125 Å². The molecule has 1 aliphatic carbocycles. The molecule has 0 aliphatic heterocycles. The van der Waals surface area contributed by atoms with Crippen LogP contribution in [0.25, 0.3) is 0 Å². The number of carbonyl (C=O) groups excluding carboxylic acids is 2. The number of hydrazine groups is 1. The van der Waals surface area contributed by atoms with Gasteiger partial charge in [-0.25, -0.2) is 4.39 Å². The molecule has 0 bridgehead atoms. The highest BCUT2D eigenvalue weighted by atomic mass is 32.1. The van der Waals surface area contributed by atoms with Crippen molar-refractivity contribution < 1.29 is 14.0 Å². The van der Waals surface area contributed by atoms with E-state index in [1.54, 1.807) is 0 Å². The lowest BCUT2D eigenvalue weighted by atomic mass is 10.2. The van der Waals surface area contributed by atoms with Crippen LogP contribution < -0.4 is 10.9 Å². The molecule has 2 aromatic rings. The number of carbonyl (C=O) groups is 2. The van der Waals surface area contributed by atoms with E-state index in [0.29, 0.717) is 4.88 Å². The molecule has 0 spiro atoms. The van der Waals surface area contributed by atoms with Crippen LogP contribution in [0.1, 0.15) is 36.9 Å². The summed E-state index contributed by atoms with van der Waals surface area (Å²) in [5.74, 6) is -1.39. The van der Waals surface area contributed by atoms with Crippen molar-refractivity contribution in [2.45, 2.75) is 19.3 Å². The van der Waals surface area contributed by atoms with Gasteiger partial charge in [-0.3, -0.25) is 20.4 Å². The van der Waals surface area contributed by atoms with Crippen LogP contribution in [0.3, 0.4) is 0 Å². The van der Waals surface area contributed by atoms with Gasteiger partial charge in [0.1, 0.15) is 5.82 Å². The van der Waals surface area contributed by atoms with Crippen LogP contribution in [-0.4, -0.2) is 11.8 Å². The number of thiophene rings is 1. The molecule has 6 heteroatoms. The molecule has 0 saturated carbocycles. The maximum absolute atomic E-state index is 13.0. The van der Waals surface area contributed by atoms with E-state index in [2.05, 4.69) is 10.9 Å². The van der Waals surface area contributed by atoms with Gasteiger partial charge in [0.05, 0.1) is 4.88 Å². The number of hydrogen-bond donors (Lipinski definition) is 2. The van der Waals surface area contributed by atoms with Gasteiger partial charge < -0.3 is 0 Å². The van der Waals surface area contributed by atoms with Crippen molar-refractivity contribution in [1.82, 2.24) is 10.9 Å². The molecule has 0 saturated heterocycles. The lowest BCUT2D eigenvalue weighted by Gasteiger charge is -2.06. The fraction of sp³-hybridized carbons (Fsp3) is 0.200. The van der Waals surface area contributed by atoms with Gasteiger partial charge in [-0.15, -0.1) is 11.3 Å². The van der Waals surface area contributed by atoms with Crippen LogP contribution in [0.2, 0.25) is 0 Å². The summed E-state index contributed by atoms with van der Waals surface area (Å²) in [5, 5.41) is 0. The molecule has 0 radical (unpaired) electrons. The molecular weight excluding hydrogens is 291 g/mol. The van der Waals surface area contributed by atoms with Crippen molar-refractivity contribution >= 4 is 23.2 Å². The summed E-state index contributed by atoms with van der Waals surface area (Å²) in [6, 6.07) is 7.15. The molecule has 0 fully saturated rings. The van der Waals surface area contributed by atoms with Gasteiger partial charge in [0.2, 0.25) is 0 Å². The number of halogens is 1. The third-order valence-electron chi connectivity index (χ3n) is 3.35.